The van der Waals surface area contributed by atoms with E-state index in [1.807, 2.05) is 0 Å². The van der Waals surface area contributed by atoms with Crippen LogP contribution in [0.2, 0.25) is 0 Å². The van der Waals surface area contributed by atoms with Crippen molar-refractivity contribution in [3.63, 3.8) is 0 Å². The first-order valence-electron chi connectivity index (χ1n) is 9.08. The molecule has 0 amide bonds. The van der Waals surface area contributed by atoms with Crippen LogP contribution in [0.1, 0.15) is 52.7 Å². The fourth-order valence-corrected chi connectivity index (χ4v) is 3.45. The van der Waals surface area contributed by atoms with Gasteiger partial charge in [0.05, 0.1) is 6.67 Å². The number of hydrogen-bond donors (Lipinski definition) is 0. The van der Waals surface area contributed by atoms with E-state index < -0.39 is 0 Å². The zero-order valence-electron chi connectivity index (χ0n) is 16.4. The first kappa shape index (κ1) is 17.6. The zero-order valence-corrected chi connectivity index (χ0v) is 16.4. The van der Waals surface area contributed by atoms with E-state index in [4.69, 9.17) is 0 Å². The van der Waals surface area contributed by atoms with Gasteiger partial charge in [-0.2, -0.15) is 0 Å². The van der Waals surface area contributed by atoms with Gasteiger partial charge in [0.25, 0.3) is 0 Å². The minimum Gasteiger partial charge on any atom is -0.328 e. The van der Waals surface area contributed by atoms with E-state index in [1.165, 1.54) is 22.5 Å². The topological polar surface area (TPSA) is 6.48 Å². The Morgan fingerprint density at radius 2 is 0.960 bits per heavy atom. The molecular weight excluding hydrogens is 304 g/mol. The zero-order chi connectivity index (χ0) is 18.2. The summed E-state index contributed by atoms with van der Waals surface area (Å²) in [6.07, 6.45) is 4.40. The molecule has 1 aliphatic heterocycles. The molecule has 0 saturated heterocycles. The average molecular weight is 335 g/mol. The third-order valence-corrected chi connectivity index (χ3v) is 4.77. The highest BCUT2D eigenvalue weighted by Crippen LogP contribution is 2.36. The molecule has 0 spiro atoms. The molecule has 2 aromatic rings. The van der Waals surface area contributed by atoms with Gasteiger partial charge in [-0.3, -0.25) is 0 Å². The van der Waals surface area contributed by atoms with Crippen LogP contribution in [0.4, 0.5) is 11.4 Å². The van der Waals surface area contributed by atoms with Crippen molar-refractivity contribution in [1.29, 1.82) is 0 Å². The van der Waals surface area contributed by atoms with Gasteiger partial charge in [0.2, 0.25) is 0 Å². The van der Waals surface area contributed by atoms with E-state index in [-0.39, 0.29) is 10.8 Å². The predicted molar refractivity (Wildman–Crippen MR) is 109 cm³/mol. The first-order valence-corrected chi connectivity index (χ1v) is 9.08. The molecule has 2 nitrogen and oxygen atoms in total. The maximum Gasteiger partial charge on any atom is 0.0989 e. The van der Waals surface area contributed by atoms with Crippen LogP contribution in [0.3, 0.4) is 0 Å². The fourth-order valence-electron chi connectivity index (χ4n) is 3.45. The smallest absolute Gasteiger partial charge is 0.0989 e. The summed E-state index contributed by atoms with van der Waals surface area (Å²) in [5.74, 6) is 0. The normalized spacial score (nSPS) is 15.1. The molecule has 0 aromatic heterocycles. The van der Waals surface area contributed by atoms with Crippen molar-refractivity contribution < 1.29 is 0 Å². The van der Waals surface area contributed by atoms with Gasteiger partial charge in [-0.25, -0.2) is 0 Å². The molecule has 3 rings (SSSR count). The van der Waals surface area contributed by atoms with Crippen LogP contribution in [-0.4, -0.2) is 6.67 Å². The Kier molecular flexibility index (Phi) is 4.40. The molecule has 0 aliphatic carbocycles. The fraction of sp³-hybridized carbons (Fsp3) is 0.391. The lowest BCUT2D eigenvalue weighted by Crippen LogP contribution is -2.28. The highest BCUT2D eigenvalue weighted by atomic mass is 15.3. The van der Waals surface area contributed by atoms with Crippen molar-refractivity contribution in [3.05, 3.63) is 72.1 Å². The molecule has 2 heteroatoms. The first-order chi connectivity index (χ1) is 11.7. The summed E-state index contributed by atoms with van der Waals surface area (Å²) in [5.41, 5.74) is 5.60. The molecule has 2 aromatic carbocycles. The second-order valence-corrected chi connectivity index (χ2v) is 8.91. The Bertz CT molecular complexity index is 710. The van der Waals surface area contributed by atoms with Gasteiger partial charge in [-0.15, -0.1) is 0 Å². The molecule has 132 valence electrons. The van der Waals surface area contributed by atoms with Crippen molar-refractivity contribution in [2.45, 2.75) is 52.4 Å². The third-order valence-electron chi connectivity index (χ3n) is 4.77. The minimum absolute atomic E-state index is 0.126. The van der Waals surface area contributed by atoms with Gasteiger partial charge in [0.1, 0.15) is 0 Å². The molecule has 0 unspecified atom stereocenters. The number of benzene rings is 2. The van der Waals surface area contributed by atoms with E-state index in [9.17, 15) is 0 Å². The summed E-state index contributed by atoms with van der Waals surface area (Å²) < 4.78 is 0. The lowest BCUT2D eigenvalue weighted by molar-refractivity contribution is 0.588. The maximum absolute atomic E-state index is 2.35. The van der Waals surface area contributed by atoms with Gasteiger partial charge < -0.3 is 9.80 Å². The van der Waals surface area contributed by atoms with Crippen LogP contribution in [-0.2, 0) is 10.8 Å². The van der Waals surface area contributed by atoms with Crippen LogP contribution in [0.5, 0.6) is 0 Å². The Hall–Kier alpha value is -2.22. The van der Waals surface area contributed by atoms with Crippen LogP contribution in [0, 0.1) is 0 Å². The Morgan fingerprint density at radius 1 is 0.600 bits per heavy atom. The van der Waals surface area contributed by atoms with Crippen LogP contribution in [0.25, 0.3) is 0 Å². The van der Waals surface area contributed by atoms with Crippen molar-refractivity contribution in [1.82, 2.24) is 0 Å². The largest absolute Gasteiger partial charge is 0.328 e. The summed E-state index contributed by atoms with van der Waals surface area (Å²) in [5, 5.41) is 0. The molecule has 0 fully saturated rings. The summed E-state index contributed by atoms with van der Waals surface area (Å²) in [4.78, 5) is 4.69. The SMILES string of the molecule is CC(C)(C)c1ccccc1N1C=CN(c2ccccc2C(C)(C)C)C1. The van der Waals surface area contributed by atoms with Crippen molar-refractivity contribution in [2.75, 3.05) is 16.5 Å². The molecule has 0 saturated carbocycles. The average Bonchev–Trinajstić information content (AvgIpc) is 3.03. The summed E-state index contributed by atoms with van der Waals surface area (Å²) in [7, 11) is 0. The summed E-state index contributed by atoms with van der Waals surface area (Å²) >= 11 is 0. The van der Waals surface area contributed by atoms with E-state index in [1.54, 1.807) is 0 Å². The van der Waals surface area contributed by atoms with Gasteiger partial charge >= 0.3 is 0 Å². The van der Waals surface area contributed by atoms with Crippen LogP contribution in [0.15, 0.2) is 60.9 Å². The summed E-state index contributed by atoms with van der Waals surface area (Å²) in [6.45, 7) is 14.5. The molecule has 25 heavy (non-hydrogen) atoms. The number of para-hydroxylation sites is 2. The molecule has 1 heterocycles. The minimum atomic E-state index is 0.126. The van der Waals surface area contributed by atoms with Gasteiger partial charge in [-0.05, 0) is 34.1 Å². The molecule has 0 bridgehead atoms. The highest BCUT2D eigenvalue weighted by molar-refractivity contribution is 5.66. The molecule has 0 atom stereocenters. The lowest BCUT2D eigenvalue weighted by Gasteiger charge is -2.31. The highest BCUT2D eigenvalue weighted by Gasteiger charge is 2.26. The van der Waals surface area contributed by atoms with Gasteiger partial charge in [-0.1, -0.05) is 77.9 Å². The molecule has 1 aliphatic rings. The molecular formula is C23H30N2. The maximum atomic E-state index is 2.35. The van der Waals surface area contributed by atoms with Crippen LogP contribution >= 0.6 is 0 Å². The monoisotopic (exact) mass is 334 g/mol. The second-order valence-electron chi connectivity index (χ2n) is 8.91. The number of rotatable bonds is 2. The van der Waals surface area contributed by atoms with Crippen LogP contribution < -0.4 is 9.80 Å². The summed E-state index contributed by atoms with van der Waals surface area (Å²) in [6, 6.07) is 17.5. The lowest BCUT2D eigenvalue weighted by atomic mass is 9.85. The van der Waals surface area contributed by atoms with Crippen molar-refractivity contribution >= 4 is 11.4 Å². The molecule has 0 N–H and O–H groups in total. The predicted octanol–water partition coefficient (Wildman–Crippen LogP) is 6.04. The quantitative estimate of drug-likeness (QED) is 0.661. The number of hydrogen-bond acceptors (Lipinski definition) is 2. The van der Waals surface area contributed by atoms with Gasteiger partial charge in [0, 0.05) is 23.8 Å². The molecule has 0 radical (unpaired) electrons. The second kappa shape index (κ2) is 6.25. The number of anilines is 2. The Balaban J connectivity index is 1.92. The van der Waals surface area contributed by atoms with E-state index in [0.29, 0.717) is 0 Å². The Morgan fingerprint density at radius 3 is 1.32 bits per heavy atom. The van der Waals surface area contributed by atoms with Gasteiger partial charge in [0.15, 0.2) is 0 Å². The van der Waals surface area contributed by atoms with E-state index >= 15 is 0 Å². The standard InChI is InChI=1S/C23H30N2/c1-22(2,3)18-11-7-9-13-20(18)24-15-16-25(17-24)21-14-10-8-12-19(21)23(4,5)6/h7-16H,17H2,1-6H3. The third kappa shape index (κ3) is 3.58. The van der Waals surface area contributed by atoms with E-state index in [2.05, 4.69) is 112 Å². The van der Waals surface area contributed by atoms with Crippen molar-refractivity contribution in [2.24, 2.45) is 0 Å². The Labute approximate surface area is 152 Å². The van der Waals surface area contributed by atoms with E-state index in [0.717, 1.165) is 6.67 Å². The number of nitrogens with zero attached hydrogens (tertiary/aromatic N) is 2. The van der Waals surface area contributed by atoms with Crippen molar-refractivity contribution in [3.8, 4) is 0 Å².